The van der Waals surface area contributed by atoms with Crippen LogP contribution in [-0.2, 0) is 0 Å². The van der Waals surface area contributed by atoms with Gasteiger partial charge in [0, 0.05) is 0 Å². The number of hydrogen-bond donors (Lipinski definition) is 0. The molecule has 0 bridgehead atoms. The van der Waals surface area contributed by atoms with E-state index in [1.165, 1.54) is 96.3 Å². The molecule has 19 heavy (non-hydrogen) atoms. The van der Waals surface area contributed by atoms with Crippen LogP contribution in [0.5, 0.6) is 0 Å². The summed E-state index contributed by atoms with van der Waals surface area (Å²) in [7, 11) is 0. The van der Waals surface area contributed by atoms with Crippen molar-refractivity contribution in [3.05, 3.63) is 12.2 Å². The van der Waals surface area contributed by atoms with E-state index in [4.69, 9.17) is 0 Å². The Bertz CT molecular complexity index is 169. The van der Waals surface area contributed by atoms with Gasteiger partial charge in [0.1, 0.15) is 0 Å². The van der Waals surface area contributed by atoms with Gasteiger partial charge in [0.15, 0.2) is 0 Å². The van der Waals surface area contributed by atoms with Crippen LogP contribution in [0.3, 0.4) is 0 Å². The highest BCUT2D eigenvalue weighted by atomic mass is 14.0. The third-order valence-corrected chi connectivity index (χ3v) is 3.85. The molecule has 0 aromatic rings. The van der Waals surface area contributed by atoms with E-state index in [2.05, 4.69) is 26.0 Å². The molecule has 0 unspecified atom stereocenters. The maximum atomic E-state index is 2.37. The molecule has 0 spiro atoms. The standard InChI is InChI=1S/C19H38/c1-3-5-7-9-11-13-15-17-19-18-16-14-12-10-8-6-4-2/h7,9H,3-6,8,10-19H2,1-2H3. The van der Waals surface area contributed by atoms with E-state index in [9.17, 15) is 0 Å². The topological polar surface area (TPSA) is 0 Å². The zero-order valence-corrected chi connectivity index (χ0v) is 13.8. The van der Waals surface area contributed by atoms with Gasteiger partial charge in [0.2, 0.25) is 0 Å². The number of rotatable bonds is 15. The molecule has 0 saturated heterocycles. The Kier molecular flexibility index (Phi) is 17.5. The SMILES string of the molecule is CCCC=CCCCCCCCCCCCCCC. The van der Waals surface area contributed by atoms with Gasteiger partial charge in [-0.15, -0.1) is 0 Å². The predicted molar refractivity (Wildman–Crippen MR) is 89.7 cm³/mol. The summed E-state index contributed by atoms with van der Waals surface area (Å²) in [4.78, 5) is 0. The van der Waals surface area contributed by atoms with Gasteiger partial charge < -0.3 is 0 Å². The average Bonchev–Trinajstić information content (AvgIpc) is 2.43. The average molecular weight is 267 g/mol. The van der Waals surface area contributed by atoms with Crippen LogP contribution in [0, 0.1) is 0 Å². The van der Waals surface area contributed by atoms with E-state index in [-0.39, 0.29) is 0 Å². The summed E-state index contributed by atoms with van der Waals surface area (Å²) in [5.74, 6) is 0. The lowest BCUT2D eigenvalue weighted by Crippen LogP contribution is -1.82. The molecule has 0 aliphatic carbocycles. The number of hydrogen-bond acceptors (Lipinski definition) is 0. The van der Waals surface area contributed by atoms with Crippen LogP contribution in [0.15, 0.2) is 12.2 Å². The summed E-state index contributed by atoms with van der Waals surface area (Å²) in [6.07, 6.45) is 26.0. The molecule has 0 aliphatic rings. The van der Waals surface area contributed by atoms with Crippen LogP contribution in [0.4, 0.5) is 0 Å². The van der Waals surface area contributed by atoms with Crippen molar-refractivity contribution in [2.24, 2.45) is 0 Å². The lowest BCUT2D eigenvalue weighted by atomic mass is 10.0. The Balaban J connectivity index is 2.95. The van der Waals surface area contributed by atoms with Gasteiger partial charge in [-0.05, 0) is 19.3 Å². The second-order valence-electron chi connectivity index (χ2n) is 5.94. The second-order valence-corrected chi connectivity index (χ2v) is 5.94. The van der Waals surface area contributed by atoms with Crippen LogP contribution < -0.4 is 0 Å². The molecule has 0 nitrogen and oxygen atoms in total. The Morgan fingerprint density at radius 3 is 1.32 bits per heavy atom. The fourth-order valence-electron chi connectivity index (χ4n) is 2.51. The molecule has 0 heterocycles. The summed E-state index contributed by atoms with van der Waals surface area (Å²) in [5, 5.41) is 0. The molecular formula is C19H38. The van der Waals surface area contributed by atoms with Crippen molar-refractivity contribution in [2.45, 2.75) is 110 Å². The molecule has 0 radical (unpaired) electrons. The van der Waals surface area contributed by atoms with Gasteiger partial charge in [-0.2, -0.15) is 0 Å². The Morgan fingerprint density at radius 2 is 0.842 bits per heavy atom. The molecule has 0 amide bonds. The fraction of sp³-hybridized carbons (Fsp3) is 0.895. The predicted octanol–water partition coefficient (Wildman–Crippen LogP) is 7.43. The van der Waals surface area contributed by atoms with Crippen molar-refractivity contribution in [1.82, 2.24) is 0 Å². The number of unbranched alkanes of at least 4 members (excludes halogenated alkanes) is 13. The highest BCUT2D eigenvalue weighted by molar-refractivity contribution is 4.80. The zero-order chi connectivity index (χ0) is 14.0. The minimum absolute atomic E-state index is 1.26. The highest BCUT2D eigenvalue weighted by Crippen LogP contribution is 2.12. The first-order valence-corrected chi connectivity index (χ1v) is 9.06. The lowest BCUT2D eigenvalue weighted by molar-refractivity contribution is 0.545. The molecule has 0 fully saturated rings. The molecule has 0 aliphatic heterocycles. The number of allylic oxidation sites excluding steroid dienone is 2. The summed E-state index contributed by atoms with van der Waals surface area (Å²) >= 11 is 0. The van der Waals surface area contributed by atoms with E-state index < -0.39 is 0 Å². The van der Waals surface area contributed by atoms with E-state index in [0.717, 1.165) is 0 Å². The summed E-state index contributed by atoms with van der Waals surface area (Å²) in [5.41, 5.74) is 0. The maximum Gasteiger partial charge on any atom is -0.0351 e. The zero-order valence-electron chi connectivity index (χ0n) is 13.8. The quantitative estimate of drug-likeness (QED) is 0.213. The van der Waals surface area contributed by atoms with Gasteiger partial charge in [0.25, 0.3) is 0 Å². The summed E-state index contributed by atoms with van der Waals surface area (Å²) < 4.78 is 0. The first kappa shape index (κ1) is 18.7. The normalized spacial score (nSPS) is 11.5. The Labute approximate surface area is 123 Å². The minimum Gasteiger partial charge on any atom is -0.0885 e. The van der Waals surface area contributed by atoms with Crippen molar-refractivity contribution in [3.63, 3.8) is 0 Å². The Hall–Kier alpha value is -0.260. The molecule has 0 aromatic carbocycles. The van der Waals surface area contributed by atoms with Crippen molar-refractivity contribution in [1.29, 1.82) is 0 Å². The van der Waals surface area contributed by atoms with Gasteiger partial charge in [-0.1, -0.05) is 103 Å². The molecule has 0 aromatic heterocycles. The highest BCUT2D eigenvalue weighted by Gasteiger charge is 1.92. The van der Waals surface area contributed by atoms with Crippen molar-refractivity contribution >= 4 is 0 Å². The molecular weight excluding hydrogens is 228 g/mol. The van der Waals surface area contributed by atoms with Crippen molar-refractivity contribution < 1.29 is 0 Å². The maximum absolute atomic E-state index is 2.37. The fourth-order valence-corrected chi connectivity index (χ4v) is 2.51. The van der Waals surface area contributed by atoms with Crippen LogP contribution in [0.1, 0.15) is 110 Å². The third kappa shape index (κ3) is 17.7. The van der Waals surface area contributed by atoms with Gasteiger partial charge in [-0.25, -0.2) is 0 Å². The first-order chi connectivity index (χ1) is 9.41. The van der Waals surface area contributed by atoms with Crippen LogP contribution in [0.2, 0.25) is 0 Å². The lowest BCUT2D eigenvalue weighted by Gasteiger charge is -2.02. The monoisotopic (exact) mass is 266 g/mol. The minimum atomic E-state index is 1.26. The van der Waals surface area contributed by atoms with Gasteiger partial charge >= 0.3 is 0 Å². The summed E-state index contributed by atoms with van der Waals surface area (Å²) in [6.45, 7) is 4.54. The molecule has 0 atom stereocenters. The molecule has 0 N–H and O–H groups in total. The van der Waals surface area contributed by atoms with Crippen LogP contribution in [0.25, 0.3) is 0 Å². The molecule has 0 saturated carbocycles. The van der Waals surface area contributed by atoms with E-state index >= 15 is 0 Å². The Morgan fingerprint density at radius 1 is 0.421 bits per heavy atom. The molecule has 114 valence electrons. The van der Waals surface area contributed by atoms with E-state index in [1.54, 1.807) is 0 Å². The van der Waals surface area contributed by atoms with Crippen LogP contribution >= 0.6 is 0 Å². The largest absolute Gasteiger partial charge is 0.0885 e. The first-order valence-electron chi connectivity index (χ1n) is 9.06. The summed E-state index contributed by atoms with van der Waals surface area (Å²) in [6, 6.07) is 0. The second kappa shape index (κ2) is 17.7. The van der Waals surface area contributed by atoms with Crippen molar-refractivity contribution in [2.75, 3.05) is 0 Å². The molecule has 0 rings (SSSR count). The van der Waals surface area contributed by atoms with Gasteiger partial charge in [-0.3, -0.25) is 0 Å². The van der Waals surface area contributed by atoms with Gasteiger partial charge in [0.05, 0.1) is 0 Å². The van der Waals surface area contributed by atoms with E-state index in [0.29, 0.717) is 0 Å². The smallest absolute Gasteiger partial charge is 0.0351 e. The van der Waals surface area contributed by atoms with Crippen molar-refractivity contribution in [3.8, 4) is 0 Å². The third-order valence-electron chi connectivity index (χ3n) is 3.85. The van der Waals surface area contributed by atoms with Crippen LogP contribution in [-0.4, -0.2) is 0 Å². The van der Waals surface area contributed by atoms with E-state index in [1.807, 2.05) is 0 Å². The molecule has 0 heteroatoms.